The number of nitrogens with zero attached hydrogens (tertiary/aromatic N) is 3. The van der Waals surface area contributed by atoms with Crippen LogP contribution < -0.4 is 9.62 Å². The Morgan fingerprint density at radius 3 is 2.47 bits per heavy atom. The second-order valence-electron chi connectivity index (χ2n) is 7.82. The number of rotatable bonds is 6. The highest BCUT2D eigenvalue weighted by molar-refractivity contribution is 9.10. The molecule has 1 aliphatic carbocycles. The normalized spacial score (nSPS) is 17.4. The number of amides is 1. The van der Waals surface area contributed by atoms with E-state index >= 15 is 0 Å². The van der Waals surface area contributed by atoms with Crippen molar-refractivity contribution in [3.05, 3.63) is 55.9 Å². The SMILES string of the molecule is O=C(NS(=O)(=O)C1CC1)c1cc(Br)c(CN2CCN(c3cc(Cl)c(Cl)cn3)CC2)cc1F. The molecule has 1 saturated carbocycles. The van der Waals surface area contributed by atoms with Gasteiger partial charge in [0.1, 0.15) is 11.6 Å². The van der Waals surface area contributed by atoms with Gasteiger partial charge >= 0.3 is 0 Å². The lowest BCUT2D eigenvalue weighted by Crippen LogP contribution is -2.46. The largest absolute Gasteiger partial charge is 0.354 e. The summed E-state index contributed by atoms with van der Waals surface area (Å²) in [6, 6.07) is 4.34. The van der Waals surface area contributed by atoms with E-state index in [-0.39, 0.29) is 5.56 Å². The fraction of sp³-hybridized carbons (Fsp3) is 0.400. The molecular weight excluding hydrogens is 546 g/mol. The van der Waals surface area contributed by atoms with Gasteiger partial charge in [0, 0.05) is 49.5 Å². The number of hydrogen-bond acceptors (Lipinski definition) is 6. The predicted molar refractivity (Wildman–Crippen MR) is 125 cm³/mol. The molecule has 1 saturated heterocycles. The van der Waals surface area contributed by atoms with Crippen LogP contribution in [0.1, 0.15) is 28.8 Å². The number of hydrogen-bond donors (Lipinski definition) is 1. The molecule has 1 amide bonds. The van der Waals surface area contributed by atoms with E-state index < -0.39 is 27.0 Å². The summed E-state index contributed by atoms with van der Waals surface area (Å²) < 4.78 is 41.1. The Balaban J connectivity index is 1.39. The Kier molecular flexibility index (Phi) is 6.97. The van der Waals surface area contributed by atoms with Gasteiger partial charge in [-0.1, -0.05) is 39.1 Å². The third-order valence-electron chi connectivity index (χ3n) is 5.46. The summed E-state index contributed by atoms with van der Waals surface area (Å²) in [4.78, 5) is 20.9. The predicted octanol–water partition coefficient (Wildman–Crippen LogP) is 3.83. The van der Waals surface area contributed by atoms with Crippen LogP contribution in [0.2, 0.25) is 10.0 Å². The van der Waals surface area contributed by atoms with Gasteiger partial charge in [0.25, 0.3) is 5.91 Å². The number of halogens is 4. The van der Waals surface area contributed by atoms with Crippen molar-refractivity contribution >= 4 is 60.9 Å². The number of pyridine rings is 1. The highest BCUT2D eigenvalue weighted by Crippen LogP contribution is 2.29. The second kappa shape index (κ2) is 9.42. The second-order valence-corrected chi connectivity index (χ2v) is 11.4. The summed E-state index contributed by atoms with van der Waals surface area (Å²) >= 11 is 15.4. The average molecular weight is 566 g/mol. The highest BCUT2D eigenvalue weighted by atomic mass is 79.9. The molecule has 4 rings (SSSR count). The Hall–Kier alpha value is -1.46. The summed E-state index contributed by atoms with van der Waals surface area (Å²) in [5.74, 6) is -0.961. The van der Waals surface area contributed by atoms with Crippen LogP contribution in [0.4, 0.5) is 10.2 Å². The minimum atomic E-state index is -3.75. The smallest absolute Gasteiger partial charge is 0.267 e. The fourth-order valence-corrected chi connectivity index (χ4v) is 5.49. The molecule has 1 aliphatic heterocycles. The number of piperazine rings is 1. The molecular formula is C20H20BrCl2FN4O3S. The topological polar surface area (TPSA) is 82.6 Å². The van der Waals surface area contributed by atoms with E-state index in [1.165, 1.54) is 18.3 Å². The number of benzene rings is 1. The molecule has 32 heavy (non-hydrogen) atoms. The van der Waals surface area contributed by atoms with Gasteiger partial charge in [-0.15, -0.1) is 0 Å². The van der Waals surface area contributed by atoms with Crippen molar-refractivity contribution < 1.29 is 17.6 Å². The minimum absolute atomic E-state index is 0.305. The van der Waals surface area contributed by atoms with Gasteiger partial charge in [-0.05, 0) is 30.5 Å². The van der Waals surface area contributed by atoms with Crippen LogP contribution in [-0.2, 0) is 16.6 Å². The number of sulfonamides is 1. The maximum Gasteiger partial charge on any atom is 0.267 e. The number of carbonyl (C=O) groups excluding carboxylic acids is 1. The lowest BCUT2D eigenvalue weighted by molar-refractivity contribution is 0.0977. The Labute approximate surface area is 204 Å². The maximum absolute atomic E-state index is 14.6. The third kappa shape index (κ3) is 5.36. The van der Waals surface area contributed by atoms with Gasteiger partial charge < -0.3 is 4.90 Å². The average Bonchev–Trinajstić information content (AvgIpc) is 3.59. The van der Waals surface area contributed by atoms with Gasteiger partial charge in [-0.25, -0.2) is 22.5 Å². The van der Waals surface area contributed by atoms with Crippen molar-refractivity contribution in [3.63, 3.8) is 0 Å². The van der Waals surface area contributed by atoms with E-state index in [4.69, 9.17) is 23.2 Å². The van der Waals surface area contributed by atoms with Gasteiger partial charge in [-0.3, -0.25) is 9.69 Å². The first-order valence-corrected chi connectivity index (χ1v) is 13.1. The van der Waals surface area contributed by atoms with Gasteiger partial charge in [0.05, 0.1) is 20.9 Å². The van der Waals surface area contributed by atoms with Crippen LogP contribution in [0.3, 0.4) is 0 Å². The minimum Gasteiger partial charge on any atom is -0.354 e. The molecule has 172 valence electrons. The Morgan fingerprint density at radius 1 is 1.16 bits per heavy atom. The molecule has 2 aliphatic rings. The van der Waals surface area contributed by atoms with Crippen molar-refractivity contribution in [2.24, 2.45) is 0 Å². The molecule has 0 bridgehead atoms. The summed E-state index contributed by atoms with van der Waals surface area (Å²) in [7, 11) is -3.75. The quantitative estimate of drug-likeness (QED) is 0.573. The van der Waals surface area contributed by atoms with Gasteiger partial charge in [-0.2, -0.15) is 0 Å². The molecule has 0 spiro atoms. The third-order valence-corrected chi connectivity index (χ3v) is 8.73. The van der Waals surface area contributed by atoms with Crippen molar-refractivity contribution in [1.82, 2.24) is 14.6 Å². The van der Waals surface area contributed by atoms with E-state index in [1.54, 1.807) is 6.07 Å². The van der Waals surface area contributed by atoms with Gasteiger partial charge in [0.2, 0.25) is 10.0 Å². The first-order valence-electron chi connectivity index (χ1n) is 9.96. The maximum atomic E-state index is 14.6. The molecule has 2 heterocycles. The lowest BCUT2D eigenvalue weighted by atomic mass is 10.1. The Bertz CT molecular complexity index is 1160. The molecule has 1 N–H and O–H groups in total. The van der Waals surface area contributed by atoms with Crippen molar-refractivity contribution in [2.75, 3.05) is 31.1 Å². The zero-order chi connectivity index (χ0) is 23.0. The van der Waals surface area contributed by atoms with Crippen LogP contribution in [0.5, 0.6) is 0 Å². The molecule has 1 aromatic carbocycles. The van der Waals surface area contributed by atoms with E-state index in [1.807, 2.05) is 4.72 Å². The van der Waals surface area contributed by atoms with Crippen molar-refractivity contribution in [1.29, 1.82) is 0 Å². The summed E-state index contributed by atoms with van der Waals surface area (Å²) in [5.41, 5.74) is 0.366. The van der Waals surface area contributed by atoms with Gasteiger partial charge in [0.15, 0.2) is 0 Å². The number of aromatic nitrogens is 1. The standard InChI is InChI=1S/C20H20BrCl2FN4O3S/c21-15-8-14(20(29)26-32(30,31)13-1-2-13)18(24)7-12(15)11-27-3-5-28(6-4-27)19-9-16(22)17(23)10-25-19/h7-10,13H,1-6,11H2,(H,26,29). The molecule has 2 aromatic rings. The molecule has 2 fully saturated rings. The van der Waals surface area contributed by atoms with E-state index in [0.717, 1.165) is 18.9 Å². The van der Waals surface area contributed by atoms with Crippen LogP contribution >= 0.6 is 39.1 Å². The van der Waals surface area contributed by atoms with Crippen LogP contribution in [0.15, 0.2) is 28.9 Å². The summed E-state index contributed by atoms with van der Waals surface area (Å²) in [6.45, 7) is 3.34. The number of anilines is 1. The Morgan fingerprint density at radius 2 is 1.84 bits per heavy atom. The number of nitrogens with one attached hydrogen (secondary N) is 1. The van der Waals surface area contributed by atoms with Crippen LogP contribution in [0.25, 0.3) is 0 Å². The fourth-order valence-electron chi connectivity index (χ4n) is 3.48. The molecule has 7 nitrogen and oxygen atoms in total. The molecule has 0 radical (unpaired) electrons. The molecule has 0 unspecified atom stereocenters. The van der Waals surface area contributed by atoms with E-state index in [2.05, 4.69) is 30.7 Å². The van der Waals surface area contributed by atoms with E-state index in [0.29, 0.717) is 52.6 Å². The monoisotopic (exact) mass is 564 g/mol. The van der Waals surface area contributed by atoms with Crippen molar-refractivity contribution in [3.8, 4) is 0 Å². The highest BCUT2D eigenvalue weighted by Gasteiger charge is 2.37. The zero-order valence-corrected chi connectivity index (χ0v) is 20.7. The molecule has 0 atom stereocenters. The zero-order valence-electron chi connectivity index (χ0n) is 16.8. The first kappa shape index (κ1) is 23.7. The molecule has 12 heteroatoms. The lowest BCUT2D eigenvalue weighted by Gasteiger charge is -2.35. The summed E-state index contributed by atoms with van der Waals surface area (Å²) in [5, 5.41) is 0.297. The number of carbonyl (C=O) groups is 1. The first-order chi connectivity index (χ1) is 15.1. The van der Waals surface area contributed by atoms with Crippen LogP contribution in [-0.4, -0.2) is 55.6 Å². The summed E-state index contributed by atoms with van der Waals surface area (Å²) in [6.07, 6.45) is 2.56. The van der Waals surface area contributed by atoms with E-state index in [9.17, 15) is 17.6 Å². The molecule has 1 aromatic heterocycles. The van der Waals surface area contributed by atoms with Crippen molar-refractivity contribution in [2.45, 2.75) is 24.6 Å². The van der Waals surface area contributed by atoms with Crippen LogP contribution in [0, 0.1) is 5.82 Å².